The van der Waals surface area contributed by atoms with Gasteiger partial charge in [0.2, 0.25) is 0 Å². The van der Waals surface area contributed by atoms with E-state index in [2.05, 4.69) is 0 Å². The first-order valence-corrected chi connectivity index (χ1v) is 7.45. The monoisotopic (exact) mass is 244 g/mol. The molecule has 0 saturated carbocycles. The van der Waals surface area contributed by atoms with Crippen molar-refractivity contribution < 1.29 is 4.39 Å². The molecule has 1 fully saturated rings. The van der Waals surface area contributed by atoms with Crippen LogP contribution in [0.3, 0.4) is 0 Å². The van der Waals surface area contributed by atoms with Crippen LogP contribution in [0.25, 0.3) is 0 Å². The zero-order valence-corrected chi connectivity index (χ0v) is 10.8. The molecule has 15 heavy (non-hydrogen) atoms. The molecule has 3 heteroatoms. The molecule has 1 aromatic carbocycles. The third kappa shape index (κ3) is 3.72. The van der Waals surface area contributed by atoms with E-state index in [1.54, 1.807) is 12.1 Å². The van der Waals surface area contributed by atoms with Gasteiger partial charge in [0.15, 0.2) is 0 Å². The van der Waals surface area contributed by atoms with Crippen LogP contribution in [0, 0.1) is 5.82 Å². The molecule has 0 nitrogen and oxygen atoms in total. The van der Waals surface area contributed by atoms with Crippen molar-refractivity contribution in [3.05, 3.63) is 35.6 Å². The zero-order chi connectivity index (χ0) is 11.1. The maximum absolute atomic E-state index is 13.3. The smallest absolute Gasteiger partial charge is 0.128 e. The fourth-order valence-corrected chi connectivity index (χ4v) is 4.27. The quantitative estimate of drug-likeness (QED) is 0.701. The van der Waals surface area contributed by atoms with Gasteiger partial charge in [-0.3, -0.25) is 0 Å². The lowest BCUT2D eigenvalue weighted by Crippen LogP contribution is -2.01. The molecule has 0 aliphatic carbocycles. The van der Waals surface area contributed by atoms with Gasteiger partial charge in [0.1, 0.15) is 5.82 Å². The van der Waals surface area contributed by atoms with E-state index in [-0.39, 0.29) is 5.82 Å². The van der Waals surface area contributed by atoms with Crippen LogP contribution in [0.15, 0.2) is 24.3 Å². The Morgan fingerprint density at radius 2 is 1.73 bits per heavy atom. The molecule has 0 unspecified atom stereocenters. The summed E-state index contributed by atoms with van der Waals surface area (Å²) in [5, 5.41) is 0. The number of hydrogen-bond acceptors (Lipinski definition) is 2. The molecule has 0 spiro atoms. The molecule has 1 aliphatic rings. The van der Waals surface area contributed by atoms with Gasteiger partial charge in [-0.1, -0.05) is 32.0 Å². The van der Waals surface area contributed by atoms with Crippen LogP contribution >= 0.6 is 23.5 Å². The molecule has 0 radical (unpaired) electrons. The summed E-state index contributed by atoms with van der Waals surface area (Å²) >= 11 is 3.71. The summed E-state index contributed by atoms with van der Waals surface area (Å²) < 4.78 is 13.7. The number of thioether (sulfide) groups is 2. The molecule has 1 aromatic rings. The highest BCUT2D eigenvalue weighted by Crippen LogP contribution is 2.44. The Morgan fingerprint density at radius 1 is 1.13 bits per heavy atom. The van der Waals surface area contributed by atoms with Crippen LogP contribution < -0.4 is 0 Å². The summed E-state index contributed by atoms with van der Waals surface area (Å²) in [4.78, 5) is 0. The normalized spacial score (nSPS) is 16.7. The van der Waals surface area contributed by atoms with Gasteiger partial charge >= 0.3 is 0 Å². The molecule has 1 saturated heterocycles. The standard InChI is InChI=1S/C10H11FS2.C2H6/c11-9-5-2-1-4-8(9)10-12-6-3-7-13-10;1-2/h1-2,4-5,10H,3,6-7H2;1-2H3. The Morgan fingerprint density at radius 3 is 2.33 bits per heavy atom. The van der Waals surface area contributed by atoms with E-state index < -0.39 is 0 Å². The van der Waals surface area contributed by atoms with Crippen LogP contribution in [0.5, 0.6) is 0 Å². The van der Waals surface area contributed by atoms with E-state index >= 15 is 0 Å². The minimum Gasteiger partial charge on any atom is -0.207 e. The van der Waals surface area contributed by atoms with Crippen molar-refractivity contribution in [1.82, 2.24) is 0 Å². The summed E-state index contributed by atoms with van der Waals surface area (Å²) in [6, 6.07) is 7.10. The lowest BCUT2D eigenvalue weighted by molar-refractivity contribution is 0.616. The average molecular weight is 244 g/mol. The summed E-state index contributed by atoms with van der Waals surface area (Å²) in [6.45, 7) is 4.00. The van der Waals surface area contributed by atoms with Gasteiger partial charge in [0.25, 0.3) is 0 Å². The maximum Gasteiger partial charge on any atom is 0.128 e. The highest BCUT2D eigenvalue weighted by molar-refractivity contribution is 8.16. The summed E-state index contributed by atoms with van der Waals surface area (Å²) in [5.74, 6) is 2.26. The predicted octanol–water partition coefficient (Wildman–Crippen LogP) is 4.72. The van der Waals surface area contributed by atoms with E-state index in [4.69, 9.17) is 0 Å². The molecular formula is C12H17FS2. The first-order valence-electron chi connectivity index (χ1n) is 5.35. The third-order valence-corrected chi connectivity index (χ3v) is 4.96. The van der Waals surface area contributed by atoms with E-state index in [1.165, 1.54) is 6.42 Å². The first-order chi connectivity index (χ1) is 7.38. The molecule has 0 amide bonds. The van der Waals surface area contributed by atoms with Gasteiger partial charge < -0.3 is 0 Å². The minimum atomic E-state index is -0.0607. The minimum absolute atomic E-state index is 0.0607. The second-order valence-electron chi connectivity index (χ2n) is 2.95. The van der Waals surface area contributed by atoms with Crippen molar-refractivity contribution in [2.24, 2.45) is 0 Å². The largest absolute Gasteiger partial charge is 0.207 e. The van der Waals surface area contributed by atoms with Crippen molar-refractivity contribution in [3.63, 3.8) is 0 Å². The molecule has 0 atom stereocenters. The molecule has 1 heterocycles. The fourth-order valence-electron chi connectivity index (χ4n) is 1.33. The van der Waals surface area contributed by atoms with Crippen molar-refractivity contribution in [2.75, 3.05) is 11.5 Å². The predicted molar refractivity (Wildman–Crippen MR) is 70.0 cm³/mol. The number of hydrogen-bond donors (Lipinski definition) is 0. The van der Waals surface area contributed by atoms with Gasteiger partial charge in [-0.2, -0.15) is 0 Å². The second kappa shape index (κ2) is 7.18. The summed E-state index contributed by atoms with van der Waals surface area (Å²) in [6.07, 6.45) is 1.25. The third-order valence-electron chi connectivity index (χ3n) is 1.99. The highest BCUT2D eigenvalue weighted by Gasteiger charge is 2.18. The van der Waals surface area contributed by atoms with Crippen LogP contribution in [-0.2, 0) is 0 Å². The van der Waals surface area contributed by atoms with Gasteiger partial charge in [-0.15, -0.1) is 23.5 Å². The number of halogens is 1. The molecule has 0 aromatic heterocycles. The van der Waals surface area contributed by atoms with Crippen molar-refractivity contribution >= 4 is 23.5 Å². The van der Waals surface area contributed by atoms with Crippen LogP contribution in [0.2, 0.25) is 0 Å². The number of rotatable bonds is 1. The zero-order valence-electron chi connectivity index (χ0n) is 9.20. The molecule has 84 valence electrons. The fraction of sp³-hybridized carbons (Fsp3) is 0.500. The van der Waals surface area contributed by atoms with Crippen molar-refractivity contribution in [1.29, 1.82) is 0 Å². The molecule has 1 aliphatic heterocycles. The Hall–Kier alpha value is -0.150. The Bertz CT molecular complexity index is 283. The summed E-state index contributed by atoms with van der Waals surface area (Å²) in [7, 11) is 0. The van der Waals surface area contributed by atoms with Crippen LogP contribution in [-0.4, -0.2) is 11.5 Å². The van der Waals surface area contributed by atoms with Gasteiger partial charge in [-0.05, 0) is 24.0 Å². The Labute approximate surface area is 100 Å². The maximum atomic E-state index is 13.3. The van der Waals surface area contributed by atoms with Crippen LogP contribution in [0.1, 0.15) is 30.4 Å². The Balaban J connectivity index is 0.000000531. The lowest BCUT2D eigenvalue weighted by Gasteiger charge is -2.21. The average Bonchev–Trinajstić information content (AvgIpc) is 2.33. The van der Waals surface area contributed by atoms with Crippen molar-refractivity contribution in [2.45, 2.75) is 24.9 Å². The van der Waals surface area contributed by atoms with Gasteiger partial charge in [-0.25, -0.2) is 4.39 Å². The number of benzene rings is 1. The SMILES string of the molecule is CC.Fc1ccccc1C1SCCCS1. The highest BCUT2D eigenvalue weighted by atomic mass is 32.2. The molecule has 0 bridgehead atoms. The molecule has 2 rings (SSSR count). The van der Waals surface area contributed by atoms with E-state index in [9.17, 15) is 4.39 Å². The second-order valence-corrected chi connectivity index (χ2v) is 5.67. The Kier molecular flexibility index (Phi) is 6.18. The van der Waals surface area contributed by atoms with Gasteiger partial charge in [0, 0.05) is 5.56 Å². The van der Waals surface area contributed by atoms with E-state index in [0.29, 0.717) is 4.58 Å². The van der Waals surface area contributed by atoms with E-state index in [1.807, 2.05) is 49.5 Å². The first kappa shape index (κ1) is 12.9. The summed E-state index contributed by atoms with van der Waals surface area (Å²) in [5.41, 5.74) is 0.859. The lowest BCUT2D eigenvalue weighted by atomic mass is 10.2. The van der Waals surface area contributed by atoms with Crippen LogP contribution in [0.4, 0.5) is 4.39 Å². The van der Waals surface area contributed by atoms with Crippen molar-refractivity contribution in [3.8, 4) is 0 Å². The van der Waals surface area contributed by atoms with Gasteiger partial charge in [0.05, 0.1) is 4.58 Å². The molecular weight excluding hydrogens is 227 g/mol. The topological polar surface area (TPSA) is 0 Å². The van der Waals surface area contributed by atoms with E-state index in [0.717, 1.165) is 17.1 Å². The molecule has 0 N–H and O–H groups in total.